The number of nitrogens with one attached hydrogen (secondary N) is 3. The Bertz CT molecular complexity index is 1410. The van der Waals surface area contributed by atoms with Crippen molar-refractivity contribution in [2.45, 2.75) is 75.7 Å². The second kappa shape index (κ2) is 15.0. The summed E-state index contributed by atoms with van der Waals surface area (Å²) in [5.74, 6) is -1.28. The van der Waals surface area contributed by atoms with Crippen LogP contribution in [0.1, 0.15) is 73.0 Å². The Morgan fingerprint density at radius 2 is 1.42 bits per heavy atom. The molecule has 0 spiro atoms. The molecule has 5 rings (SSSR count). The van der Waals surface area contributed by atoms with Gasteiger partial charge < -0.3 is 26.6 Å². The lowest BCUT2D eigenvalue weighted by atomic mass is 9.90. The average molecular weight is 610 g/mol. The molecule has 0 unspecified atom stereocenters. The Hall–Kier alpha value is -4.50. The maximum atomic E-state index is 14.3. The lowest BCUT2D eigenvalue weighted by Crippen LogP contribution is -2.58. The monoisotopic (exact) mass is 609 g/mol. The van der Waals surface area contributed by atoms with Crippen LogP contribution in [-0.2, 0) is 14.4 Å². The second-order valence-corrected chi connectivity index (χ2v) is 12.0. The number of hydrogen-bond donors (Lipinski definition) is 4. The summed E-state index contributed by atoms with van der Waals surface area (Å²) in [6, 6.07) is 25.8. The summed E-state index contributed by atoms with van der Waals surface area (Å²) >= 11 is 0. The highest BCUT2D eigenvalue weighted by Gasteiger charge is 2.47. The molecule has 9 heteroatoms. The van der Waals surface area contributed by atoms with Gasteiger partial charge in [0.25, 0.3) is 5.91 Å². The topological polar surface area (TPSA) is 134 Å². The summed E-state index contributed by atoms with van der Waals surface area (Å²) < 4.78 is 0. The molecule has 2 aliphatic heterocycles. The summed E-state index contributed by atoms with van der Waals surface area (Å²) in [6.07, 6.45) is 3.56. The van der Waals surface area contributed by atoms with E-state index in [2.05, 4.69) is 16.0 Å². The average Bonchev–Trinajstić information content (AvgIpc) is 3.47. The minimum absolute atomic E-state index is 0.108. The van der Waals surface area contributed by atoms with E-state index in [9.17, 15) is 19.2 Å². The van der Waals surface area contributed by atoms with E-state index in [0.717, 1.165) is 11.1 Å². The maximum Gasteiger partial charge on any atom is 0.251 e. The van der Waals surface area contributed by atoms with Crippen LogP contribution in [0, 0.1) is 5.92 Å². The molecule has 0 bridgehead atoms. The van der Waals surface area contributed by atoms with Crippen molar-refractivity contribution >= 4 is 23.6 Å². The number of carbonyl (C=O) groups is 4. The van der Waals surface area contributed by atoms with E-state index in [1.807, 2.05) is 85.8 Å². The van der Waals surface area contributed by atoms with Crippen molar-refractivity contribution in [3.63, 3.8) is 0 Å². The second-order valence-electron chi connectivity index (χ2n) is 12.0. The predicted octanol–water partition coefficient (Wildman–Crippen LogP) is 3.70. The number of hydrogen-bond acceptors (Lipinski definition) is 5. The van der Waals surface area contributed by atoms with Crippen molar-refractivity contribution in [2.75, 3.05) is 6.54 Å². The number of fused-ring (bicyclic) bond motifs is 1. The van der Waals surface area contributed by atoms with E-state index >= 15 is 0 Å². The third-order valence-electron chi connectivity index (χ3n) is 9.13. The van der Waals surface area contributed by atoms with Gasteiger partial charge in [0.1, 0.15) is 12.1 Å². The van der Waals surface area contributed by atoms with Crippen molar-refractivity contribution in [1.29, 1.82) is 0 Å². The van der Waals surface area contributed by atoms with Crippen LogP contribution in [-0.4, -0.2) is 59.2 Å². The summed E-state index contributed by atoms with van der Waals surface area (Å²) in [4.78, 5) is 55.7. The molecule has 2 aliphatic rings. The van der Waals surface area contributed by atoms with Gasteiger partial charge in [0, 0.05) is 18.2 Å². The molecule has 2 fully saturated rings. The normalized spacial score (nSPS) is 21.8. The zero-order valence-electron chi connectivity index (χ0n) is 25.7. The van der Waals surface area contributed by atoms with Crippen LogP contribution in [0.5, 0.6) is 0 Å². The fraction of sp³-hybridized carbons (Fsp3) is 0.389. The molecule has 0 saturated carbocycles. The van der Waals surface area contributed by atoms with Crippen LogP contribution in [0.3, 0.4) is 0 Å². The van der Waals surface area contributed by atoms with E-state index in [0.29, 0.717) is 50.6 Å². The third-order valence-corrected chi connectivity index (χ3v) is 9.13. The van der Waals surface area contributed by atoms with Gasteiger partial charge in [-0.25, -0.2) is 0 Å². The van der Waals surface area contributed by atoms with Gasteiger partial charge in [-0.3, -0.25) is 19.2 Å². The Labute approximate surface area is 264 Å². The quantitative estimate of drug-likeness (QED) is 0.263. The molecule has 0 radical (unpaired) electrons. The number of carbonyl (C=O) groups excluding carboxylic acids is 4. The molecule has 236 valence electrons. The fourth-order valence-electron chi connectivity index (χ4n) is 6.58. The zero-order chi connectivity index (χ0) is 31.8. The van der Waals surface area contributed by atoms with Gasteiger partial charge in [-0.1, -0.05) is 85.8 Å². The molecule has 0 aromatic heterocycles. The first kappa shape index (κ1) is 31.9. The summed E-state index contributed by atoms with van der Waals surface area (Å²) in [5, 5.41) is 9.13. The number of amides is 4. The van der Waals surface area contributed by atoms with Gasteiger partial charge in [-0.05, 0) is 67.7 Å². The number of rotatable bonds is 11. The molecule has 9 nitrogen and oxygen atoms in total. The molecule has 2 saturated heterocycles. The van der Waals surface area contributed by atoms with Crippen LogP contribution >= 0.6 is 0 Å². The lowest BCUT2D eigenvalue weighted by molar-refractivity contribution is -0.143. The Kier molecular flexibility index (Phi) is 10.6. The summed E-state index contributed by atoms with van der Waals surface area (Å²) in [7, 11) is 0. The molecule has 5 atom stereocenters. The van der Waals surface area contributed by atoms with Gasteiger partial charge in [0.2, 0.25) is 17.7 Å². The van der Waals surface area contributed by atoms with Gasteiger partial charge in [0.05, 0.1) is 12.1 Å². The molecule has 45 heavy (non-hydrogen) atoms. The highest BCUT2D eigenvalue weighted by molar-refractivity contribution is 5.95. The predicted molar refractivity (Wildman–Crippen MR) is 173 cm³/mol. The molecule has 5 N–H and O–H groups in total. The van der Waals surface area contributed by atoms with E-state index < -0.39 is 18.1 Å². The summed E-state index contributed by atoms with van der Waals surface area (Å²) in [5.41, 5.74) is 8.52. The van der Waals surface area contributed by atoms with Gasteiger partial charge in [-0.15, -0.1) is 0 Å². The van der Waals surface area contributed by atoms with Crippen molar-refractivity contribution in [3.05, 3.63) is 108 Å². The van der Waals surface area contributed by atoms with E-state index in [1.165, 1.54) is 0 Å². The highest BCUT2D eigenvalue weighted by Crippen LogP contribution is 2.35. The maximum absolute atomic E-state index is 14.3. The first-order valence-electron chi connectivity index (χ1n) is 16.0. The first-order valence-corrected chi connectivity index (χ1v) is 16.0. The third kappa shape index (κ3) is 7.60. The highest BCUT2D eigenvalue weighted by atomic mass is 16.2. The Morgan fingerprint density at radius 3 is 2.02 bits per heavy atom. The van der Waals surface area contributed by atoms with Crippen LogP contribution in [0.2, 0.25) is 0 Å². The van der Waals surface area contributed by atoms with E-state index in [-0.39, 0.29) is 41.6 Å². The van der Waals surface area contributed by atoms with E-state index in [1.54, 1.807) is 17.0 Å². The lowest BCUT2D eigenvalue weighted by Gasteiger charge is -2.33. The first-order chi connectivity index (χ1) is 21.9. The Balaban J connectivity index is 1.34. The molecular formula is C36H43N5O4. The standard InChI is InChI=1S/C36H43N5O4/c1-2-29(37)34(43)40-32-26(22-23-38-33(42)27-16-10-5-11-17-27)18-19-28-20-21-30(41(28)36(32)45)35(44)39-31(24-12-6-3-7-13-24)25-14-8-4-9-15-25/h3-17,26,28-32H,2,18-23,37H2,1H3,(H,38,42)(H,39,44)(H,40,43)/t26-,28+,29+,30+,32+/m1/s1. The molecule has 3 aromatic rings. The molecule has 0 aliphatic carbocycles. The van der Waals surface area contributed by atoms with Gasteiger partial charge in [-0.2, -0.15) is 0 Å². The minimum atomic E-state index is -0.846. The van der Waals surface area contributed by atoms with Crippen molar-refractivity contribution < 1.29 is 19.2 Å². The number of nitrogens with two attached hydrogens (primary N) is 1. The van der Waals surface area contributed by atoms with Crippen LogP contribution < -0.4 is 21.7 Å². The van der Waals surface area contributed by atoms with Crippen molar-refractivity contribution in [1.82, 2.24) is 20.9 Å². The smallest absolute Gasteiger partial charge is 0.251 e. The number of benzene rings is 3. The molecule has 4 amide bonds. The zero-order valence-corrected chi connectivity index (χ0v) is 25.7. The van der Waals surface area contributed by atoms with Crippen LogP contribution in [0.4, 0.5) is 0 Å². The van der Waals surface area contributed by atoms with Gasteiger partial charge in [0.15, 0.2) is 0 Å². The SMILES string of the molecule is CC[C@H](N)C(=O)N[C@@H]1C(=O)N2[C@@H](CC[C@@H]1CCNC(=O)c1ccccc1)CC[C@H]2C(=O)NC(c1ccccc1)c1ccccc1. The molecule has 2 heterocycles. The minimum Gasteiger partial charge on any atom is -0.352 e. The summed E-state index contributed by atoms with van der Waals surface area (Å²) in [6.45, 7) is 2.17. The molecular weight excluding hydrogens is 566 g/mol. The largest absolute Gasteiger partial charge is 0.352 e. The van der Waals surface area contributed by atoms with Crippen LogP contribution in [0.15, 0.2) is 91.0 Å². The van der Waals surface area contributed by atoms with Crippen molar-refractivity contribution in [2.24, 2.45) is 11.7 Å². The fourth-order valence-corrected chi connectivity index (χ4v) is 6.58. The van der Waals surface area contributed by atoms with Gasteiger partial charge >= 0.3 is 0 Å². The van der Waals surface area contributed by atoms with Crippen LogP contribution in [0.25, 0.3) is 0 Å². The van der Waals surface area contributed by atoms with E-state index in [4.69, 9.17) is 5.73 Å². The Morgan fingerprint density at radius 1 is 0.844 bits per heavy atom. The van der Waals surface area contributed by atoms with Crippen molar-refractivity contribution in [3.8, 4) is 0 Å². The number of nitrogens with zero attached hydrogens (tertiary/aromatic N) is 1. The molecule has 3 aromatic carbocycles.